The molecule has 2 bridgehead atoms. The smallest absolute Gasteiger partial charge is 0.287 e. The van der Waals surface area contributed by atoms with Crippen LogP contribution in [0.25, 0.3) is 0 Å². The summed E-state index contributed by atoms with van der Waals surface area (Å²) in [6.07, 6.45) is 5.44. The van der Waals surface area contributed by atoms with Crippen molar-refractivity contribution in [3.05, 3.63) is 22.6 Å². The normalized spacial score (nSPS) is 30.8. The molecule has 0 aliphatic heterocycles. The Balaban J connectivity index is 1.53. The number of nitrogens with one attached hydrogen (secondary N) is 1. The summed E-state index contributed by atoms with van der Waals surface area (Å²) in [6, 6.07) is 3.44. The first-order chi connectivity index (χ1) is 8.22. The number of amides is 1. The van der Waals surface area contributed by atoms with E-state index in [1.807, 2.05) is 0 Å². The summed E-state index contributed by atoms with van der Waals surface area (Å²) in [7, 11) is 0. The third-order valence-corrected chi connectivity index (χ3v) is 4.63. The maximum absolute atomic E-state index is 11.8. The van der Waals surface area contributed by atoms with Gasteiger partial charge in [0.1, 0.15) is 0 Å². The van der Waals surface area contributed by atoms with Crippen molar-refractivity contribution in [2.75, 3.05) is 6.54 Å². The molecule has 3 atom stereocenters. The molecular formula is C13H16BrNO2. The molecule has 1 N–H and O–H groups in total. The number of rotatable bonds is 3. The summed E-state index contributed by atoms with van der Waals surface area (Å²) in [6.45, 7) is 0.804. The van der Waals surface area contributed by atoms with Crippen molar-refractivity contribution < 1.29 is 9.21 Å². The van der Waals surface area contributed by atoms with E-state index in [1.165, 1.54) is 25.7 Å². The molecule has 2 aliphatic rings. The molecule has 0 spiro atoms. The van der Waals surface area contributed by atoms with Gasteiger partial charge in [-0.05, 0) is 65.1 Å². The Morgan fingerprint density at radius 3 is 2.88 bits per heavy atom. The van der Waals surface area contributed by atoms with Gasteiger partial charge in [-0.2, -0.15) is 0 Å². The Hall–Kier alpha value is -0.770. The lowest BCUT2D eigenvalue weighted by Gasteiger charge is -2.21. The van der Waals surface area contributed by atoms with Gasteiger partial charge in [-0.15, -0.1) is 0 Å². The largest absolute Gasteiger partial charge is 0.444 e. The van der Waals surface area contributed by atoms with E-state index in [9.17, 15) is 4.79 Å². The fourth-order valence-electron chi connectivity index (χ4n) is 3.37. The van der Waals surface area contributed by atoms with Gasteiger partial charge in [0.2, 0.25) is 0 Å². The van der Waals surface area contributed by atoms with Gasteiger partial charge in [0.05, 0.1) is 0 Å². The Labute approximate surface area is 109 Å². The van der Waals surface area contributed by atoms with Gasteiger partial charge in [0.15, 0.2) is 10.4 Å². The highest BCUT2D eigenvalue weighted by Crippen LogP contribution is 2.47. The van der Waals surface area contributed by atoms with E-state index in [2.05, 4.69) is 21.2 Å². The molecule has 3 unspecified atom stereocenters. The Kier molecular flexibility index (Phi) is 2.99. The van der Waals surface area contributed by atoms with Crippen LogP contribution in [0.1, 0.15) is 36.2 Å². The topological polar surface area (TPSA) is 42.2 Å². The Morgan fingerprint density at radius 1 is 1.41 bits per heavy atom. The van der Waals surface area contributed by atoms with Gasteiger partial charge in [0.25, 0.3) is 5.91 Å². The van der Waals surface area contributed by atoms with Crippen LogP contribution < -0.4 is 5.32 Å². The zero-order valence-corrected chi connectivity index (χ0v) is 11.2. The van der Waals surface area contributed by atoms with Crippen molar-refractivity contribution in [2.24, 2.45) is 17.8 Å². The number of fused-ring (bicyclic) bond motifs is 2. The lowest BCUT2D eigenvalue weighted by Crippen LogP contribution is -2.31. The van der Waals surface area contributed by atoms with Crippen LogP contribution >= 0.6 is 15.9 Å². The summed E-state index contributed by atoms with van der Waals surface area (Å²) in [5.74, 6) is 2.76. The van der Waals surface area contributed by atoms with Crippen LogP contribution in [0.2, 0.25) is 0 Å². The molecule has 2 saturated carbocycles. The van der Waals surface area contributed by atoms with Gasteiger partial charge < -0.3 is 9.73 Å². The molecule has 0 saturated heterocycles. The van der Waals surface area contributed by atoms with Crippen molar-refractivity contribution in [1.29, 1.82) is 0 Å². The third kappa shape index (κ3) is 2.28. The number of hydrogen-bond acceptors (Lipinski definition) is 2. The second-order valence-electron chi connectivity index (χ2n) is 5.25. The third-order valence-electron chi connectivity index (χ3n) is 4.21. The monoisotopic (exact) mass is 297 g/mol. The summed E-state index contributed by atoms with van der Waals surface area (Å²) >= 11 is 3.20. The Bertz CT molecular complexity index is 429. The molecule has 0 aromatic carbocycles. The number of hydrogen-bond donors (Lipinski definition) is 1. The second kappa shape index (κ2) is 4.48. The highest BCUT2D eigenvalue weighted by molar-refractivity contribution is 9.10. The molecular weight excluding hydrogens is 282 g/mol. The van der Waals surface area contributed by atoms with Crippen molar-refractivity contribution in [1.82, 2.24) is 5.32 Å². The molecule has 0 radical (unpaired) electrons. The molecule has 3 nitrogen and oxygen atoms in total. The van der Waals surface area contributed by atoms with Crippen LogP contribution in [0.5, 0.6) is 0 Å². The first kappa shape index (κ1) is 11.3. The first-order valence-electron chi connectivity index (χ1n) is 6.26. The lowest BCUT2D eigenvalue weighted by molar-refractivity contribution is 0.0912. The molecule has 1 aromatic rings. The number of furan rings is 1. The average Bonchev–Trinajstić information content (AvgIpc) is 3.01. The zero-order valence-electron chi connectivity index (χ0n) is 9.62. The Morgan fingerprint density at radius 2 is 2.29 bits per heavy atom. The van der Waals surface area contributed by atoms with E-state index in [1.54, 1.807) is 12.1 Å². The number of halogens is 1. The molecule has 17 heavy (non-hydrogen) atoms. The second-order valence-corrected chi connectivity index (χ2v) is 6.03. The molecule has 1 heterocycles. The minimum absolute atomic E-state index is 0.0986. The van der Waals surface area contributed by atoms with Crippen molar-refractivity contribution in [3.8, 4) is 0 Å². The molecule has 3 rings (SSSR count). The van der Waals surface area contributed by atoms with Crippen molar-refractivity contribution in [2.45, 2.75) is 25.7 Å². The van der Waals surface area contributed by atoms with Crippen molar-refractivity contribution >= 4 is 21.8 Å². The fourth-order valence-corrected chi connectivity index (χ4v) is 3.68. The SMILES string of the molecule is O=C(NCC1CC2CCC1C2)c1ccc(Br)o1. The summed E-state index contributed by atoms with van der Waals surface area (Å²) in [5.41, 5.74) is 0. The zero-order chi connectivity index (χ0) is 11.8. The van der Waals surface area contributed by atoms with Gasteiger partial charge >= 0.3 is 0 Å². The van der Waals surface area contributed by atoms with Crippen LogP contribution in [0, 0.1) is 17.8 Å². The molecule has 92 valence electrons. The number of carbonyl (C=O) groups excluding carboxylic acids is 1. The van der Waals surface area contributed by atoms with Gasteiger partial charge in [-0.25, -0.2) is 0 Å². The minimum atomic E-state index is -0.0986. The average molecular weight is 298 g/mol. The van der Waals surface area contributed by atoms with Crippen molar-refractivity contribution in [3.63, 3.8) is 0 Å². The minimum Gasteiger partial charge on any atom is -0.444 e. The summed E-state index contributed by atoms with van der Waals surface area (Å²) < 4.78 is 5.83. The van der Waals surface area contributed by atoms with Gasteiger partial charge in [-0.1, -0.05) is 6.42 Å². The first-order valence-corrected chi connectivity index (χ1v) is 7.05. The predicted molar refractivity (Wildman–Crippen MR) is 67.7 cm³/mol. The lowest BCUT2D eigenvalue weighted by atomic mass is 9.89. The summed E-state index contributed by atoms with van der Waals surface area (Å²) in [4.78, 5) is 11.8. The molecule has 2 aliphatic carbocycles. The quantitative estimate of drug-likeness (QED) is 0.931. The van der Waals surface area contributed by atoms with E-state index in [0.717, 1.165) is 18.4 Å². The van der Waals surface area contributed by atoms with E-state index in [-0.39, 0.29) is 5.91 Å². The van der Waals surface area contributed by atoms with Crippen LogP contribution in [0.3, 0.4) is 0 Å². The van der Waals surface area contributed by atoms with Crippen LogP contribution in [-0.2, 0) is 0 Å². The van der Waals surface area contributed by atoms with Gasteiger partial charge in [-0.3, -0.25) is 4.79 Å². The summed E-state index contributed by atoms with van der Waals surface area (Å²) in [5, 5.41) is 2.99. The van der Waals surface area contributed by atoms with E-state index < -0.39 is 0 Å². The van der Waals surface area contributed by atoms with E-state index >= 15 is 0 Å². The highest BCUT2D eigenvalue weighted by Gasteiger charge is 2.39. The highest BCUT2D eigenvalue weighted by atomic mass is 79.9. The van der Waals surface area contributed by atoms with Crippen LogP contribution in [-0.4, -0.2) is 12.5 Å². The standard InChI is InChI=1S/C13H16BrNO2/c14-12-4-3-11(17-12)13(16)15-7-10-6-8-1-2-9(10)5-8/h3-4,8-10H,1-2,5-7H2,(H,15,16). The van der Waals surface area contributed by atoms with Crippen LogP contribution in [0.4, 0.5) is 0 Å². The molecule has 1 amide bonds. The molecule has 2 fully saturated rings. The van der Waals surface area contributed by atoms with Gasteiger partial charge in [0, 0.05) is 6.54 Å². The maximum atomic E-state index is 11.8. The molecule has 1 aromatic heterocycles. The van der Waals surface area contributed by atoms with E-state index in [0.29, 0.717) is 16.3 Å². The van der Waals surface area contributed by atoms with Crippen LogP contribution in [0.15, 0.2) is 21.2 Å². The molecule has 4 heteroatoms. The number of carbonyl (C=O) groups is 1. The predicted octanol–water partition coefficient (Wildman–Crippen LogP) is 3.21. The van der Waals surface area contributed by atoms with E-state index in [4.69, 9.17) is 4.42 Å². The fraction of sp³-hybridized carbons (Fsp3) is 0.615. The maximum Gasteiger partial charge on any atom is 0.287 e.